The lowest BCUT2D eigenvalue weighted by Gasteiger charge is -2.17. The minimum absolute atomic E-state index is 0.346. The van der Waals surface area contributed by atoms with E-state index in [9.17, 15) is 0 Å². The predicted octanol–water partition coefficient (Wildman–Crippen LogP) is 2.86. The molecule has 1 heterocycles. The molecule has 1 aromatic heterocycles. The Morgan fingerprint density at radius 1 is 1.35 bits per heavy atom. The molecule has 1 fully saturated rings. The molecule has 2 unspecified atom stereocenters. The van der Waals surface area contributed by atoms with Crippen LogP contribution in [-0.2, 0) is 0 Å². The molecule has 0 aliphatic heterocycles. The Morgan fingerprint density at radius 3 is 3.00 bits per heavy atom. The van der Waals surface area contributed by atoms with E-state index in [2.05, 4.69) is 11.1 Å². The van der Waals surface area contributed by atoms with E-state index in [1.165, 1.54) is 24.8 Å². The van der Waals surface area contributed by atoms with Crippen LogP contribution in [0.4, 0.5) is 0 Å². The Kier molecular flexibility index (Phi) is 4.37. The van der Waals surface area contributed by atoms with E-state index in [-0.39, 0.29) is 0 Å². The smallest absolute Gasteiger partial charge is 0.137 e. The summed E-state index contributed by atoms with van der Waals surface area (Å²) < 4.78 is 5.50. The number of ether oxygens (including phenoxy) is 1. The van der Waals surface area contributed by atoms with Crippen LogP contribution in [0.15, 0.2) is 18.5 Å². The molecule has 1 saturated carbocycles. The number of aromatic nitrogens is 1. The molecule has 0 amide bonds. The molecular formula is C14H22N2O. The Labute approximate surface area is 103 Å². The molecule has 0 spiro atoms. The molecule has 2 atom stereocenters. The molecule has 2 N–H and O–H groups in total. The number of rotatable bonds is 3. The number of pyridine rings is 1. The second-order valence-corrected chi connectivity index (χ2v) is 4.86. The van der Waals surface area contributed by atoms with Gasteiger partial charge in [-0.2, -0.15) is 0 Å². The lowest BCUT2D eigenvalue weighted by molar-refractivity contribution is 0.338. The van der Waals surface area contributed by atoms with Crippen molar-refractivity contribution >= 4 is 0 Å². The summed E-state index contributed by atoms with van der Waals surface area (Å²) in [5, 5.41) is 0. The summed E-state index contributed by atoms with van der Waals surface area (Å²) in [6, 6.07) is 2.47. The second kappa shape index (κ2) is 6.01. The average Bonchev–Trinajstić information content (AvgIpc) is 2.55. The highest BCUT2D eigenvalue weighted by molar-refractivity contribution is 5.26. The first-order valence-electron chi connectivity index (χ1n) is 6.63. The van der Waals surface area contributed by atoms with Gasteiger partial charge in [-0.3, -0.25) is 4.98 Å². The van der Waals surface area contributed by atoms with Gasteiger partial charge in [-0.15, -0.1) is 0 Å². The van der Waals surface area contributed by atoms with Crippen LogP contribution in [0.2, 0.25) is 0 Å². The van der Waals surface area contributed by atoms with Crippen LogP contribution in [0.25, 0.3) is 0 Å². The van der Waals surface area contributed by atoms with Crippen LogP contribution in [0.5, 0.6) is 5.75 Å². The zero-order chi connectivity index (χ0) is 12.1. The van der Waals surface area contributed by atoms with E-state index >= 15 is 0 Å². The number of hydrogen-bond donors (Lipinski definition) is 1. The van der Waals surface area contributed by atoms with Crippen LogP contribution < -0.4 is 10.5 Å². The molecule has 0 bridgehead atoms. The van der Waals surface area contributed by atoms with Gasteiger partial charge in [-0.25, -0.2) is 0 Å². The molecule has 1 aromatic rings. The highest BCUT2D eigenvalue weighted by atomic mass is 16.5. The summed E-state index contributed by atoms with van der Waals surface area (Å²) in [7, 11) is 0. The Balaban J connectivity index is 2.11. The van der Waals surface area contributed by atoms with E-state index in [1.54, 1.807) is 6.20 Å². The van der Waals surface area contributed by atoms with Gasteiger partial charge in [0.05, 0.1) is 12.8 Å². The first-order chi connectivity index (χ1) is 8.29. The van der Waals surface area contributed by atoms with Crippen molar-refractivity contribution < 1.29 is 4.74 Å². The van der Waals surface area contributed by atoms with Crippen molar-refractivity contribution in [2.45, 2.75) is 51.0 Å². The molecular weight excluding hydrogens is 212 g/mol. The maximum absolute atomic E-state index is 6.11. The monoisotopic (exact) mass is 234 g/mol. The lowest BCUT2D eigenvalue weighted by Crippen LogP contribution is -2.20. The third kappa shape index (κ3) is 3.43. The highest BCUT2D eigenvalue weighted by Gasteiger charge is 2.19. The molecule has 0 saturated heterocycles. The van der Waals surface area contributed by atoms with Crippen LogP contribution in [0.3, 0.4) is 0 Å². The number of nitrogens with two attached hydrogens (primary N) is 1. The third-order valence-corrected chi connectivity index (χ3v) is 3.48. The fourth-order valence-corrected chi connectivity index (χ4v) is 2.61. The normalized spacial score (nSPS) is 25.3. The zero-order valence-corrected chi connectivity index (χ0v) is 10.6. The van der Waals surface area contributed by atoms with E-state index in [1.807, 2.05) is 13.1 Å². The van der Waals surface area contributed by atoms with E-state index in [4.69, 9.17) is 10.5 Å². The zero-order valence-electron chi connectivity index (χ0n) is 10.6. The largest absolute Gasteiger partial charge is 0.492 e. The van der Waals surface area contributed by atoms with Crippen LogP contribution in [0.1, 0.15) is 50.5 Å². The van der Waals surface area contributed by atoms with E-state index in [0.717, 1.165) is 18.6 Å². The molecule has 94 valence electrons. The van der Waals surface area contributed by atoms with Gasteiger partial charge in [0.15, 0.2) is 0 Å². The van der Waals surface area contributed by atoms with E-state index in [0.29, 0.717) is 18.6 Å². The van der Waals surface area contributed by atoms with Gasteiger partial charge in [-0.05, 0) is 43.7 Å². The first-order valence-corrected chi connectivity index (χ1v) is 6.63. The fourth-order valence-electron chi connectivity index (χ4n) is 2.61. The standard InChI is InChI=1S/C14H22N2O/c1-2-17-14-8-12(9-16-10-14)11-5-3-4-6-13(15)7-11/h8-11,13H,2-7,15H2,1H3. The molecule has 1 aliphatic carbocycles. The average molecular weight is 234 g/mol. The summed E-state index contributed by atoms with van der Waals surface area (Å²) in [6.45, 7) is 2.68. The SMILES string of the molecule is CCOc1cncc(C2CCCCC(N)C2)c1. The van der Waals surface area contributed by atoms with Crippen LogP contribution in [0, 0.1) is 0 Å². The molecule has 17 heavy (non-hydrogen) atoms. The number of hydrogen-bond acceptors (Lipinski definition) is 3. The molecule has 0 aromatic carbocycles. The Morgan fingerprint density at radius 2 is 2.18 bits per heavy atom. The quantitative estimate of drug-likeness (QED) is 0.818. The highest BCUT2D eigenvalue weighted by Crippen LogP contribution is 2.32. The molecule has 3 heteroatoms. The summed E-state index contributed by atoms with van der Waals surface area (Å²) in [5.41, 5.74) is 7.39. The van der Waals surface area contributed by atoms with Gasteiger partial charge in [0.2, 0.25) is 0 Å². The van der Waals surface area contributed by atoms with Crippen LogP contribution >= 0.6 is 0 Å². The minimum Gasteiger partial charge on any atom is -0.492 e. The summed E-state index contributed by atoms with van der Waals surface area (Å²) in [4.78, 5) is 4.27. The van der Waals surface area contributed by atoms with Gasteiger partial charge in [0, 0.05) is 12.2 Å². The second-order valence-electron chi connectivity index (χ2n) is 4.86. The molecule has 3 nitrogen and oxygen atoms in total. The van der Waals surface area contributed by atoms with Gasteiger partial charge in [0.1, 0.15) is 5.75 Å². The predicted molar refractivity (Wildman–Crippen MR) is 69.2 cm³/mol. The first kappa shape index (κ1) is 12.4. The molecule has 1 aliphatic rings. The van der Waals surface area contributed by atoms with Crippen molar-refractivity contribution in [2.24, 2.45) is 5.73 Å². The van der Waals surface area contributed by atoms with Crippen LogP contribution in [-0.4, -0.2) is 17.6 Å². The fraction of sp³-hybridized carbons (Fsp3) is 0.643. The maximum Gasteiger partial charge on any atom is 0.137 e. The summed E-state index contributed by atoms with van der Waals surface area (Å²) in [5.74, 6) is 1.43. The van der Waals surface area contributed by atoms with Crippen molar-refractivity contribution in [2.75, 3.05) is 6.61 Å². The number of nitrogens with zero attached hydrogens (tertiary/aromatic N) is 1. The van der Waals surface area contributed by atoms with Gasteiger partial charge < -0.3 is 10.5 Å². The van der Waals surface area contributed by atoms with Crippen molar-refractivity contribution in [1.29, 1.82) is 0 Å². The van der Waals surface area contributed by atoms with E-state index < -0.39 is 0 Å². The third-order valence-electron chi connectivity index (χ3n) is 3.48. The van der Waals surface area contributed by atoms with Crippen molar-refractivity contribution in [1.82, 2.24) is 4.98 Å². The minimum atomic E-state index is 0.346. The molecule has 2 rings (SSSR count). The maximum atomic E-state index is 6.11. The lowest BCUT2D eigenvalue weighted by atomic mass is 9.91. The van der Waals surface area contributed by atoms with Gasteiger partial charge in [0.25, 0.3) is 0 Å². The molecule has 0 radical (unpaired) electrons. The van der Waals surface area contributed by atoms with Crippen molar-refractivity contribution in [3.8, 4) is 5.75 Å². The Hall–Kier alpha value is -1.09. The summed E-state index contributed by atoms with van der Waals surface area (Å²) in [6.07, 6.45) is 9.75. The topological polar surface area (TPSA) is 48.1 Å². The van der Waals surface area contributed by atoms with Crippen molar-refractivity contribution in [3.63, 3.8) is 0 Å². The van der Waals surface area contributed by atoms with Crippen molar-refractivity contribution in [3.05, 3.63) is 24.0 Å². The van der Waals surface area contributed by atoms with Gasteiger partial charge in [-0.1, -0.05) is 12.8 Å². The summed E-state index contributed by atoms with van der Waals surface area (Å²) >= 11 is 0. The van der Waals surface area contributed by atoms with Gasteiger partial charge >= 0.3 is 0 Å². The Bertz CT molecular complexity index is 354.